The summed E-state index contributed by atoms with van der Waals surface area (Å²) in [5, 5.41) is 3.54. The largest absolute Gasteiger partial charge is 0.316 e. The third-order valence-electron chi connectivity index (χ3n) is 4.04. The van der Waals surface area contributed by atoms with Gasteiger partial charge in [0, 0.05) is 19.6 Å². The van der Waals surface area contributed by atoms with Gasteiger partial charge in [0.2, 0.25) is 0 Å². The van der Waals surface area contributed by atoms with Gasteiger partial charge in [-0.1, -0.05) is 33.6 Å². The Morgan fingerprint density at radius 3 is 2.62 bits per heavy atom. The van der Waals surface area contributed by atoms with Crippen LogP contribution in [0.5, 0.6) is 0 Å². The Balaban J connectivity index is 2.42. The molecule has 1 heterocycles. The van der Waals surface area contributed by atoms with Gasteiger partial charge in [-0.25, -0.2) is 0 Å². The lowest BCUT2D eigenvalue weighted by molar-refractivity contribution is 0.162. The summed E-state index contributed by atoms with van der Waals surface area (Å²) in [6.45, 7) is 11.9. The van der Waals surface area contributed by atoms with E-state index in [0.29, 0.717) is 5.41 Å². The Morgan fingerprint density at radius 1 is 1.38 bits per heavy atom. The molecule has 2 atom stereocenters. The second-order valence-electron chi connectivity index (χ2n) is 5.89. The van der Waals surface area contributed by atoms with Gasteiger partial charge in [-0.15, -0.1) is 0 Å². The predicted molar refractivity (Wildman–Crippen MR) is 71.8 cm³/mol. The van der Waals surface area contributed by atoms with Crippen LogP contribution >= 0.6 is 0 Å². The van der Waals surface area contributed by atoms with Gasteiger partial charge in [-0.05, 0) is 37.8 Å². The monoisotopic (exact) mass is 226 g/mol. The van der Waals surface area contributed by atoms with Gasteiger partial charge in [-0.3, -0.25) is 0 Å². The Bertz CT molecular complexity index is 185. The first-order chi connectivity index (χ1) is 7.62. The van der Waals surface area contributed by atoms with Crippen LogP contribution in [0, 0.1) is 11.3 Å². The highest BCUT2D eigenvalue weighted by Crippen LogP contribution is 2.31. The van der Waals surface area contributed by atoms with Crippen LogP contribution in [0.3, 0.4) is 0 Å². The predicted octanol–water partition coefficient (Wildman–Crippen LogP) is 2.74. The average molecular weight is 226 g/mol. The molecule has 2 nitrogen and oxygen atoms in total. The molecule has 0 aromatic carbocycles. The highest BCUT2D eigenvalue weighted by atomic mass is 15.1. The van der Waals surface area contributed by atoms with Gasteiger partial charge in [0.15, 0.2) is 0 Å². The smallest absolute Gasteiger partial charge is 0.00477 e. The van der Waals surface area contributed by atoms with Crippen LogP contribution in [-0.2, 0) is 0 Å². The fourth-order valence-corrected chi connectivity index (χ4v) is 3.05. The van der Waals surface area contributed by atoms with E-state index in [0.717, 1.165) is 5.92 Å². The van der Waals surface area contributed by atoms with Crippen LogP contribution in [0.15, 0.2) is 0 Å². The first-order valence-corrected chi connectivity index (χ1v) is 7.01. The average Bonchev–Trinajstić information content (AvgIpc) is 2.66. The van der Waals surface area contributed by atoms with E-state index >= 15 is 0 Å². The van der Waals surface area contributed by atoms with Gasteiger partial charge in [-0.2, -0.15) is 0 Å². The van der Waals surface area contributed by atoms with Gasteiger partial charge in [0.1, 0.15) is 0 Å². The van der Waals surface area contributed by atoms with Crippen LogP contribution in [0.25, 0.3) is 0 Å². The quantitative estimate of drug-likeness (QED) is 0.718. The minimum atomic E-state index is 0.566. The zero-order chi connectivity index (χ0) is 12.0. The van der Waals surface area contributed by atoms with Crippen molar-refractivity contribution in [2.75, 3.05) is 33.2 Å². The third kappa shape index (κ3) is 4.06. The van der Waals surface area contributed by atoms with Crippen LogP contribution in [0.4, 0.5) is 0 Å². The highest BCUT2D eigenvalue weighted by Gasteiger charge is 2.33. The van der Waals surface area contributed by atoms with Crippen molar-refractivity contribution in [3.8, 4) is 0 Å². The second kappa shape index (κ2) is 6.61. The molecule has 1 fully saturated rings. The molecule has 0 saturated carbocycles. The number of nitrogens with zero attached hydrogens (tertiary/aromatic N) is 1. The minimum absolute atomic E-state index is 0.566. The lowest BCUT2D eigenvalue weighted by atomic mass is 9.82. The Labute approximate surface area is 102 Å². The molecule has 0 bridgehead atoms. The van der Waals surface area contributed by atoms with Gasteiger partial charge in [0.05, 0.1) is 0 Å². The fourth-order valence-electron chi connectivity index (χ4n) is 3.05. The summed E-state index contributed by atoms with van der Waals surface area (Å²) in [7, 11) is 2.29. The first kappa shape index (κ1) is 14.0. The van der Waals surface area contributed by atoms with Crippen LogP contribution < -0.4 is 5.32 Å². The number of nitrogens with one attached hydrogen (secondary N) is 1. The minimum Gasteiger partial charge on any atom is -0.316 e. The maximum atomic E-state index is 3.54. The van der Waals surface area contributed by atoms with Crippen molar-refractivity contribution in [1.29, 1.82) is 0 Å². The van der Waals surface area contributed by atoms with Crippen LogP contribution in [-0.4, -0.2) is 38.1 Å². The van der Waals surface area contributed by atoms with E-state index in [9.17, 15) is 0 Å². The van der Waals surface area contributed by atoms with E-state index in [1.54, 1.807) is 0 Å². The molecule has 1 aliphatic rings. The number of rotatable bonds is 7. The van der Waals surface area contributed by atoms with E-state index < -0.39 is 0 Å². The molecule has 0 amide bonds. The maximum Gasteiger partial charge on any atom is 0.00477 e. The number of hydrogen-bond acceptors (Lipinski definition) is 2. The molecule has 0 radical (unpaired) electrons. The number of hydrogen-bond donors (Lipinski definition) is 1. The van der Waals surface area contributed by atoms with Gasteiger partial charge < -0.3 is 10.2 Å². The first-order valence-electron chi connectivity index (χ1n) is 7.01. The summed E-state index contributed by atoms with van der Waals surface area (Å²) in [4.78, 5) is 2.55. The zero-order valence-electron chi connectivity index (χ0n) is 11.7. The molecule has 0 aliphatic carbocycles. The fraction of sp³-hybridized carbons (Fsp3) is 1.00. The van der Waals surface area contributed by atoms with Gasteiger partial charge >= 0.3 is 0 Å². The molecular weight excluding hydrogens is 196 g/mol. The van der Waals surface area contributed by atoms with Crippen LogP contribution in [0.2, 0.25) is 0 Å². The lowest BCUT2D eigenvalue weighted by Crippen LogP contribution is -2.39. The lowest BCUT2D eigenvalue weighted by Gasteiger charge is -2.34. The summed E-state index contributed by atoms with van der Waals surface area (Å²) >= 11 is 0. The van der Waals surface area contributed by atoms with E-state index in [1.807, 2.05) is 0 Å². The molecule has 0 aromatic heterocycles. The molecule has 2 heteroatoms. The summed E-state index contributed by atoms with van der Waals surface area (Å²) in [5.41, 5.74) is 0.566. The summed E-state index contributed by atoms with van der Waals surface area (Å²) < 4.78 is 0. The third-order valence-corrected chi connectivity index (χ3v) is 4.04. The molecule has 2 unspecified atom stereocenters. The van der Waals surface area contributed by atoms with E-state index in [2.05, 4.69) is 38.0 Å². The van der Waals surface area contributed by atoms with Crippen molar-refractivity contribution in [3.63, 3.8) is 0 Å². The van der Waals surface area contributed by atoms with Crippen molar-refractivity contribution in [2.24, 2.45) is 11.3 Å². The summed E-state index contributed by atoms with van der Waals surface area (Å²) in [5.74, 6) is 0.832. The summed E-state index contributed by atoms with van der Waals surface area (Å²) in [6, 6.07) is 0. The molecule has 1 rings (SSSR count). The van der Waals surface area contributed by atoms with E-state index in [1.165, 1.54) is 51.9 Å². The molecule has 16 heavy (non-hydrogen) atoms. The Morgan fingerprint density at radius 2 is 2.12 bits per heavy atom. The van der Waals surface area contributed by atoms with E-state index in [4.69, 9.17) is 0 Å². The molecular formula is C14H30N2. The Hall–Kier alpha value is -0.0800. The second-order valence-corrected chi connectivity index (χ2v) is 5.89. The van der Waals surface area contributed by atoms with Crippen molar-refractivity contribution >= 4 is 0 Å². The SMILES string of the molecule is CCCC1(CN(C)CC(C)CC)CCNC1. The zero-order valence-corrected chi connectivity index (χ0v) is 11.7. The van der Waals surface area contributed by atoms with Crippen LogP contribution in [0.1, 0.15) is 46.5 Å². The molecule has 0 spiro atoms. The van der Waals surface area contributed by atoms with E-state index in [-0.39, 0.29) is 0 Å². The standard InChI is InChI=1S/C14H30N2/c1-5-7-14(8-9-15-11-14)12-16(4)10-13(3)6-2/h13,15H,5-12H2,1-4H3. The summed E-state index contributed by atoms with van der Waals surface area (Å²) in [6.07, 6.45) is 5.36. The van der Waals surface area contributed by atoms with Crippen molar-refractivity contribution < 1.29 is 0 Å². The van der Waals surface area contributed by atoms with Gasteiger partial charge in [0.25, 0.3) is 0 Å². The highest BCUT2D eigenvalue weighted by molar-refractivity contribution is 4.89. The maximum absolute atomic E-state index is 3.54. The molecule has 96 valence electrons. The van der Waals surface area contributed by atoms with Crippen molar-refractivity contribution in [3.05, 3.63) is 0 Å². The molecule has 1 saturated heterocycles. The normalized spacial score (nSPS) is 27.6. The van der Waals surface area contributed by atoms with Crippen molar-refractivity contribution in [1.82, 2.24) is 10.2 Å². The molecule has 1 N–H and O–H groups in total. The molecule has 1 aliphatic heterocycles. The Kier molecular flexibility index (Phi) is 5.77. The molecule has 0 aromatic rings. The van der Waals surface area contributed by atoms with Crippen molar-refractivity contribution in [2.45, 2.75) is 46.5 Å². The topological polar surface area (TPSA) is 15.3 Å².